The molecule has 0 saturated heterocycles. The third kappa shape index (κ3) is 10.5. The fourth-order valence-corrected chi connectivity index (χ4v) is 3.47. The van der Waals surface area contributed by atoms with Crippen LogP contribution in [0.2, 0.25) is 0 Å². The monoisotopic (exact) mass is 603 g/mol. The molecule has 0 aliphatic heterocycles. The van der Waals surface area contributed by atoms with Crippen molar-refractivity contribution in [1.29, 1.82) is 5.26 Å². The molecule has 0 aliphatic rings. The Bertz CT molecular complexity index is 1540. The summed E-state index contributed by atoms with van der Waals surface area (Å²) in [5.41, 5.74) is 1.05. The molecule has 43 heavy (non-hydrogen) atoms. The van der Waals surface area contributed by atoms with Gasteiger partial charge < -0.3 is 14.2 Å². The van der Waals surface area contributed by atoms with E-state index < -0.39 is 43.5 Å². The van der Waals surface area contributed by atoms with Crippen LogP contribution in [-0.2, 0) is 19.1 Å². The standard InChI is InChI=1S/C30H19F6NO6/c31-29(32,33)17-41-26(38)11-9-19-13-20(10-12-27(39)42-18-30(34,35)36)15-22(14-19)23-6-2-3-7-24(23)28(40)43-25-8-4-1-5-21(25)16-37/h1-15H,17-18H2/b11-9+,12-10+. The van der Waals surface area contributed by atoms with Gasteiger partial charge in [-0.3, -0.25) is 0 Å². The lowest BCUT2D eigenvalue weighted by molar-refractivity contribution is -0.182. The molecule has 0 aromatic heterocycles. The maximum atomic E-state index is 13.1. The number of ether oxygens (including phenoxy) is 3. The van der Waals surface area contributed by atoms with Crippen molar-refractivity contribution in [3.8, 4) is 22.9 Å². The molecule has 0 heterocycles. The van der Waals surface area contributed by atoms with Crippen molar-refractivity contribution < 1.29 is 54.9 Å². The maximum Gasteiger partial charge on any atom is 0.422 e. The number of hydrogen-bond acceptors (Lipinski definition) is 7. The number of carbonyl (C=O) groups excluding carboxylic acids is 3. The Labute approximate surface area is 240 Å². The van der Waals surface area contributed by atoms with Crippen LogP contribution in [0.3, 0.4) is 0 Å². The number of nitriles is 1. The highest BCUT2D eigenvalue weighted by Gasteiger charge is 2.30. The minimum absolute atomic E-state index is 0.000141. The molecular weight excluding hydrogens is 584 g/mol. The Morgan fingerprint density at radius 2 is 1.26 bits per heavy atom. The van der Waals surface area contributed by atoms with Crippen molar-refractivity contribution in [2.45, 2.75) is 12.4 Å². The highest BCUT2D eigenvalue weighted by molar-refractivity contribution is 5.99. The quantitative estimate of drug-likeness (QED) is 0.116. The third-order valence-electron chi connectivity index (χ3n) is 5.23. The van der Waals surface area contributed by atoms with Gasteiger partial charge in [-0.25, -0.2) is 14.4 Å². The van der Waals surface area contributed by atoms with E-state index in [9.17, 15) is 46.0 Å². The predicted molar refractivity (Wildman–Crippen MR) is 140 cm³/mol. The summed E-state index contributed by atoms with van der Waals surface area (Å²) in [5, 5.41) is 9.29. The number of para-hydroxylation sites is 1. The molecule has 13 heteroatoms. The fraction of sp³-hybridized carbons (Fsp3) is 0.133. The van der Waals surface area contributed by atoms with Gasteiger partial charge in [-0.1, -0.05) is 30.3 Å². The van der Waals surface area contributed by atoms with Crippen LogP contribution in [-0.4, -0.2) is 43.5 Å². The molecule has 0 saturated carbocycles. The number of hydrogen-bond donors (Lipinski definition) is 0. The Hall–Kier alpha value is -5.38. The van der Waals surface area contributed by atoms with E-state index in [4.69, 9.17) is 4.74 Å². The minimum Gasteiger partial charge on any atom is -0.453 e. The second kappa shape index (κ2) is 14.0. The zero-order chi connectivity index (χ0) is 31.6. The summed E-state index contributed by atoms with van der Waals surface area (Å²) in [6, 6.07) is 18.2. The van der Waals surface area contributed by atoms with Crippen LogP contribution in [0.25, 0.3) is 23.3 Å². The molecule has 3 aromatic rings. The van der Waals surface area contributed by atoms with Crippen molar-refractivity contribution >= 4 is 30.1 Å². The summed E-state index contributed by atoms with van der Waals surface area (Å²) in [7, 11) is 0. The van der Waals surface area contributed by atoms with Crippen molar-refractivity contribution in [1.82, 2.24) is 0 Å². The van der Waals surface area contributed by atoms with Crippen LogP contribution in [0.15, 0.2) is 78.9 Å². The first-order chi connectivity index (χ1) is 20.2. The molecular formula is C30H19F6NO6. The predicted octanol–water partition coefficient (Wildman–Crippen LogP) is 6.68. The van der Waals surface area contributed by atoms with Crippen LogP contribution < -0.4 is 4.74 Å². The van der Waals surface area contributed by atoms with Gasteiger partial charge in [-0.2, -0.15) is 31.6 Å². The number of nitrogens with zero attached hydrogens (tertiary/aromatic N) is 1. The average molecular weight is 603 g/mol. The average Bonchev–Trinajstić information content (AvgIpc) is 2.96. The molecule has 3 rings (SSSR count). The minimum atomic E-state index is -4.74. The van der Waals surface area contributed by atoms with E-state index in [2.05, 4.69) is 9.47 Å². The van der Waals surface area contributed by atoms with Crippen LogP contribution in [0.5, 0.6) is 5.75 Å². The number of alkyl halides is 6. The Balaban J connectivity index is 1.99. The van der Waals surface area contributed by atoms with Gasteiger partial charge in [0.25, 0.3) is 0 Å². The molecule has 3 aromatic carbocycles. The first kappa shape index (κ1) is 32.1. The lowest BCUT2D eigenvalue weighted by Crippen LogP contribution is -2.19. The normalized spacial score (nSPS) is 11.7. The number of halogens is 6. The molecule has 0 N–H and O–H groups in total. The van der Waals surface area contributed by atoms with Crippen LogP contribution in [0.4, 0.5) is 26.3 Å². The number of esters is 3. The smallest absolute Gasteiger partial charge is 0.422 e. The van der Waals surface area contributed by atoms with Crippen molar-refractivity contribution in [3.63, 3.8) is 0 Å². The first-order valence-corrected chi connectivity index (χ1v) is 12.0. The van der Waals surface area contributed by atoms with E-state index in [1.54, 1.807) is 18.2 Å². The largest absolute Gasteiger partial charge is 0.453 e. The lowest BCUT2D eigenvalue weighted by Gasteiger charge is -2.12. The summed E-state index contributed by atoms with van der Waals surface area (Å²) in [6.07, 6.45) is -5.84. The molecule has 0 atom stereocenters. The van der Waals surface area contributed by atoms with E-state index in [0.717, 1.165) is 24.3 Å². The molecule has 0 fully saturated rings. The fourth-order valence-electron chi connectivity index (χ4n) is 3.47. The molecule has 0 spiro atoms. The Morgan fingerprint density at radius 1 is 0.744 bits per heavy atom. The summed E-state index contributed by atoms with van der Waals surface area (Å²) in [4.78, 5) is 36.7. The van der Waals surface area contributed by atoms with Crippen LogP contribution in [0.1, 0.15) is 27.0 Å². The van der Waals surface area contributed by atoms with E-state index in [-0.39, 0.29) is 39.1 Å². The van der Waals surface area contributed by atoms with E-state index in [1.165, 1.54) is 48.5 Å². The number of carbonyl (C=O) groups is 3. The first-order valence-electron chi connectivity index (χ1n) is 12.0. The topological polar surface area (TPSA) is 103 Å². The van der Waals surface area contributed by atoms with E-state index >= 15 is 0 Å². The van der Waals surface area contributed by atoms with Crippen LogP contribution >= 0.6 is 0 Å². The molecule has 0 bridgehead atoms. The van der Waals surface area contributed by atoms with Gasteiger partial charge in [0.1, 0.15) is 11.8 Å². The maximum absolute atomic E-state index is 13.1. The van der Waals surface area contributed by atoms with Gasteiger partial charge in [-0.05, 0) is 70.8 Å². The van der Waals surface area contributed by atoms with E-state index in [1.807, 2.05) is 6.07 Å². The molecule has 222 valence electrons. The zero-order valence-corrected chi connectivity index (χ0v) is 21.7. The molecule has 0 unspecified atom stereocenters. The van der Waals surface area contributed by atoms with Crippen molar-refractivity contribution in [2.75, 3.05) is 13.2 Å². The lowest BCUT2D eigenvalue weighted by atomic mass is 9.95. The van der Waals surface area contributed by atoms with Gasteiger partial charge >= 0.3 is 30.3 Å². The van der Waals surface area contributed by atoms with Gasteiger partial charge in [0.2, 0.25) is 0 Å². The van der Waals surface area contributed by atoms with Crippen molar-refractivity contribution in [2.24, 2.45) is 0 Å². The third-order valence-corrected chi connectivity index (χ3v) is 5.23. The van der Waals surface area contributed by atoms with Gasteiger partial charge in [0, 0.05) is 12.2 Å². The second-order valence-electron chi connectivity index (χ2n) is 8.54. The summed E-state index contributed by atoms with van der Waals surface area (Å²) in [5.74, 6) is -3.46. The highest BCUT2D eigenvalue weighted by atomic mass is 19.4. The number of rotatable bonds is 9. The zero-order valence-electron chi connectivity index (χ0n) is 21.7. The Kier molecular flexibility index (Phi) is 10.5. The SMILES string of the molecule is N#Cc1ccccc1OC(=O)c1ccccc1-c1cc(/C=C/C(=O)OCC(F)(F)F)cc(/C=C/C(=O)OCC(F)(F)F)c1. The summed E-state index contributed by atoms with van der Waals surface area (Å²) < 4.78 is 87.9. The molecule has 7 nitrogen and oxygen atoms in total. The van der Waals surface area contributed by atoms with Gasteiger partial charge in [-0.15, -0.1) is 0 Å². The van der Waals surface area contributed by atoms with E-state index in [0.29, 0.717) is 0 Å². The van der Waals surface area contributed by atoms with Crippen LogP contribution in [0, 0.1) is 11.3 Å². The second-order valence-corrected chi connectivity index (χ2v) is 8.54. The molecule has 0 radical (unpaired) electrons. The summed E-state index contributed by atoms with van der Waals surface area (Å²) in [6.45, 7) is -3.62. The van der Waals surface area contributed by atoms with Gasteiger partial charge in [0.05, 0.1) is 11.1 Å². The van der Waals surface area contributed by atoms with Crippen molar-refractivity contribution in [3.05, 3.63) is 101 Å². The number of benzene rings is 3. The Morgan fingerprint density at radius 3 is 1.79 bits per heavy atom. The summed E-state index contributed by atoms with van der Waals surface area (Å²) >= 11 is 0. The van der Waals surface area contributed by atoms with Gasteiger partial charge in [0.15, 0.2) is 13.2 Å². The highest BCUT2D eigenvalue weighted by Crippen LogP contribution is 2.29. The molecule has 0 aliphatic carbocycles. The molecule has 0 amide bonds.